The quantitative estimate of drug-likeness (QED) is 0.707. The minimum atomic E-state index is -0.0712. The van der Waals surface area contributed by atoms with Crippen molar-refractivity contribution in [3.05, 3.63) is 35.4 Å². The summed E-state index contributed by atoms with van der Waals surface area (Å²) >= 11 is 0. The zero-order chi connectivity index (χ0) is 11.3. The van der Waals surface area contributed by atoms with E-state index in [2.05, 4.69) is 15.0 Å². The SMILES string of the molecule is Cc1ccc2n1-c1cnn(C)c1C(=O)NC2. The highest BCUT2D eigenvalue weighted by Gasteiger charge is 2.23. The number of carbonyl (C=O) groups is 1. The minimum Gasteiger partial charge on any atom is -0.345 e. The maximum atomic E-state index is 11.9. The van der Waals surface area contributed by atoms with E-state index in [4.69, 9.17) is 0 Å². The van der Waals surface area contributed by atoms with Crippen molar-refractivity contribution in [3.8, 4) is 5.69 Å². The first kappa shape index (κ1) is 9.21. The van der Waals surface area contributed by atoms with Crippen molar-refractivity contribution >= 4 is 5.91 Å². The fourth-order valence-electron chi connectivity index (χ4n) is 2.18. The molecular weight excluding hydrogens is 204 g/mol. The molecule has 0 atom stereocenters. The second-order valence-electron chi connectivity index (χ2n) is 3.99. The number of fused-ring (bicyclic) bond motifs is 3. The lowest BCUT2D eigenvalue weighted by atomic mass is 10.3. The van der Waals surface area contributed by atoms with Crippen LogP contribution in [-0.2, 0) is 13.6 Å². The standard InChI is InChI=1S/C11H12N4O/c1-7-3-4-8-5-12-11(16)10-9(15(7)8)6-13-14(10)2/h3-4,6H,5H2,1-2H3,(H,12,16). The lowest BCUT2D eigenvalue weighted by molar-refractivity contribution is 0.0943. The average Bonchev–Trinajstić information content (AvgIpc) is 2.74. The molecule has 0 spiro atoms. The van der Waals surface area contributed by atoms with Crippen molar-refractivity contribution < 1.29 is 4.79 Å². The Morgan fingerprint density at radius 1 is 1.44 bits per heavy atom. The van der Waals surface area contributed by atoms with E-state index in [0.29, 0.717) is 12.2 Å². The zero-order valence-corrected chi connectivity index (χ0v) is 9.19. The molecule has 1 aliphatic heterocycles. The van der Waals surface area contributed by atoms with Crippen LogP contribution in [0.1, 0.15) is 21.9 Å². The van der Waals surface area contributed by atoms with Crippen molar-refractivity contribution in [2.75, 3.05) is 0 Å². The van der Waals surface area contributed by atoms with Crippen molar-refractivity contribution in [1.82, 2.24) is 19.7 Å². The van der Waals surface area contributed by atoms with E-state index in [1.165, 1.54) is 0 Å². The predicted molar refractivity (Wildman–Crippen MR) is 58.4 cm³/mol. The molecule has 5 nitrogen and oxygen atoms in total. The van der Waals surface area contributed by atoms with Gasteiger partial charge in [0, 0.05) is 18.4 Å². The Kier molecular flexibility index (Phi) is 1.71. The second kappa shape index (κ2) is 2.98. The fraction of sp³-hybridized carbons (Fsp3) is 0.273. The molecule has 1 aliphatic rings. The van der Waals surface area contributed by atoms with Crippen LogP contribution in [0, 0.1) is 6.92 Å². The summed E-state index contributed by atoms with van der Waals surface area (Å²) in [6.07, 6.45) is 1.73. The van der Waals surface area contributed by atoms with E-state index < -0.39 is 0 Å². The Hall–Kier alpha value is -2.04. The lowest BCUT2D eigenvalue weighted by Gasteiger charge is -2.06. The molecule has 0 aliphatic carbocycles. The van der Waals surface area contributed by atoms with Gasteiger partial charge in [-0.05, 0) is 19.1 Å². The highest BCUT2D eigenvalue weighted by Crippen LogP contribution is 2.22. The summed E-state index contributed by atoms with van der Waals surface area (Å²) in [7, 11) is 1.78. The van der Waals surface area contributed by atoms with Crippen LogP contribution in [-0.4, -0.2) is 20.3 Å². The van der Waals surface area contributed by atoms with Gasteiger partial charge in [-0.15, -0.1) is 0 Å². The van der Waals surface area contributed by atoms with Crippen molar-refractivity contribution in [2.24, 2.45) is 7.05 Å². The van der Waals surface area contributed by atoms with E-state index >= 15 is 0 Å². The Bertz CT molecular complexity index is 579. The number of hydrogen-bond acceptors (Lipinski definition) is 2. The molecular formula is C11H12N4O. The molecule has 0 radical (unpaired) electrons. The molecule has 2 aromatic heterocycles. The summed E-state index contributed by atoms with van der Waals surface area (Å²) in [5.41, 5.74) is 3.66. The number of hydrogen-bond donors (Lipinski definition) is 1. The Balaban J connectivity index is 2.35. The molecule has 82 valence electrons. The van der Waals surface area contributed by atoms with Gasteiger partial charge < -0.3 is 9.88 Å². The average molecular weight is 216 g/mol. The third-order valence-corrected chi connectivity index (χ3v) is 2.96. The highest BCUT2D eigenvalue weighted by atomic mass is 16.2. The summed E-state index contributed by atoms with van der Waals surface area (Å²) in [6.45, 7) is 2.58. The molecule has 0 saturated heterocycles. The number of rotatable bonds is 0. The molecule has 3 rings (SSSR count). The van der Waals surface area contributed by atoms with Gasteiger partial charge in [0.05, 0.1) is 18.4 Å². The van der Waals surface area contributed by atoms with Crippen molar-refractivity contribution in [3.63, 3.8) is 0 Å². The van der Waals surface area contributed by atoms with Crippen LogP contribution in [0.4, 0.5) is 0 Å². The van der Waals surface area contributed by atoms with Crippen molar-refractivity contribution in [1.29, 1.82) is 0 Å². The summed E-state index contributed by atoms with van der Waals surface area (Å²) in [6, 6.07) is 4.07. The maximum absolute atomic E-state index is 11.9. The third-order valence-electron chi connectivity index (χ3n) is 2.96. The minimum absolute atomic E-state index is 0.0712. The van der Waals surface area contributed by atoms with E-state index in [1.807, 2.05) is 19.1 Å². The molecule has 2 aromatic rings. The molecule has 0 aromatic carbocycles. The number of amides is 1. The van der Waals surface area contributed by atoms with Crippen LogP contribution in [0.5, 0.6) is 0 Å². The first-order valence-corrected chi connectivity index (χ1v) is 5.16. The van der Waals surface area contributed by atoms with Gasteiger partial charge in [0.1, 0.15) is 5.69 Å². The van der Waals surface area contributed by atoms with Crippen molar-refractivity contribution in [2.45, 2.75) is 13.5 Å². The van der Waals surface area contributed by atoms with Gasteiger partial charge in [-0.3, -0.25) is 9.48 Å². The number of carbonyl (C=O) groups excluding carboxylic acids is 1. The lowest BCUT2D eigenvalue weighted by Crippen LogP contribution is -2.23. The third kappa shape index (κ3) is 1.05. The molecule has 16 heavy (non-hydrogen) atoms. The zero-order valence-electron chi connectivity index (χ0n) is 9.19. The summed E-state index contributed by atoms with van der Waals surface area (Å²) < 4.78 is 3.68. The van der Waals surface area contributed by atoms with Gasteiger partial charge in [0.2, 0.25) is 0 Å². The van der Waals surface area contributed by atoms with Crippen LogP contribution < -0.4 is 5.32 Å². The van der Waals surface area contributed by atoms with E-state index in [1.54, 1.807) is 17.9 Å². The fourth-order valence-corrected chi connectivity index (χ4v) is 2.18. The summed E-state index contributed by atoms with van der Waals surface area (Å²) in [4.78, 5) is 11.9. The Labute approximate surface area is 92.7 Å². The number of aryl methyl sites for hydroxylation is 2. The van der Waals surface area contributed by atoms with E-state index in [0.717, 1.165) is 17.1 Å². The monoisotopic (exact) mass is 216 g/mol. The second-order valence-corrected chi connectivity index (χ2v) is 3.99. The molecule has 1 amide bonds. The van der Waals surface area contributed by atoms with Gasteiger partial charge >= 0.3 is 0 Å². The molecule has 0 fully saturated rings. The van der Waals surface area contributed by atoms with Gasteiger partial charge in [0.25, 0.3) is 5.91 Å². The topological polar surface area (TPSA) is 51.9 Å². The summed E-state index contributed by atoms with van der Waals surface area (Å²) in [5, 5.41) is 7.02. The van der Waals surface area contributed by atoms with Crippen LogP contribution in [0.3, 0.4) is 0 Å². The largest absolute Gasteiger partial charge is 0.345 e. The van der Waals surface area contributed by atoms with E-state index in [-0.39, 0.29) is 5.91 Å². The first-order valence-electron chi connectivity index (χ1n) is 5.16. The molecule has 5 heteroatoms. The smallest absolute Gasteiger partial charge is 0.272 e. The van der Waals surface area contributed by atoms with Crippen LogP contribution in [0.25, 0.3) is 5.69 Å². The molecule has 1 N–H and O–H groups in total. The highest BCUT2D eigenvalue weighted by molar-refractivity contribution is 5.96. The van der Waals surface area contributed by atoms with Gasteiger partial charge in [-0.2, -0.15) is 5.10 Å². The molecule has 0 unspecified atom stereocenters. The van der Waals surface area contributed by atoms with Gasteiger partial charge in [-0.25, -0.2) is 0 Å². The molecule has 0 saturated carbocycles. The first-order chi connectivity index (χ1) is 7.68. The summed E-state index contributed by atoms with van der Waals surface area (Å²) in [5.74, 6) is -0.0712. The Morgan fingerprint density at radius 2 is 2.25 bits per heavy atom. The normalized spacial score (nSPS) is 14.0. The number of nitrogens with zero attached hydrogens (tertiary/aromatic N) is 3. The number of nitrogens with one attached hydrogen (secondary N) is 1. The predicted octanol–water partition coefficient (Wildman–Crippen LogP) is 0.763. The molecule has 3 heterocycles. The van der Waals surface area contributed by atoms with Crippen LogP contribution in [0.15, 0.2) is 18.3 Å². The van der Waals surface area contributed by atoms with Gasteiger partial charge in [-0.1, -0.05) is 0 Å². The Morgan fingerprint density at radius 3 is 3.06 bits per heavy atom. The van der Waals surface area contributed by atoms with E-state index in [9.17, 15) is 4.79 Å². The number of aromatic nitrogens is 3. The van der Waals surface area contributed by atoms with Gasteiger partial charge in [0.15, 0.2) is 0 Å². The molecule has 0 bridgehead atoms. The maximum Gasteiger partial charge on any atom is 0.272 e. The van der Waals surface area contributed by atoms with Crippen LogP contribution >= 0.6 is 0 Å². The van der Waals surface area contributed by atoms with Crippen LogP contribution in [0.2, 0.25) is 0 Å².